The molecule has 1 aromatic rings. The lowest BCUT2D eigenvalue weighted by molar-refractivity contribution is -0.124. The molecule has 88 valence electrons. The summed E-state index contributed by atoms with van der Waals surface area (Å²) in [5.41, 5.74) is 6.62. The normalized spacial score (nSPS) is 17.1. The Bertz CT molecular complexity index is 373. The van der Waals surface area contributed by atoms with E-state index in [9.17, 15) is 4.79 Å². The summed E-state index contributed by atoms with van der Waals surface area (Å²) in [5.74, 6) is 0.567. The fourth-order valence-electron chi connectivity index (χ4n) is 1.42. The lowest BCUT2D eigenvalue weighted by atomic mass is 10.2. The van der Waals surface area contributed by atoms with Crippen LogP contribution in [0, 0.1) is 5.92 Å². The molecule has 16 heavy (non-hydrogen) atoms. The first kappa shape index (κ1) is 11.5. The summed E-state index contributed by atoms with van der Waals surface area (Å²) >= 11 is 1.62. The molecule has 1 amide bonds. The van der Waals surface area contributed by atoms with E-state index in [0.717, 1.165) is 5.01 Å². The second kappa shape index (κ2) is 4.93. The highest BCUT2D eigenvalue weighted by Crippen LogP contribution is 2.40. The van der Waals surface area contributed by atoms with Crippen LogP contribution in [0.1, 0.15) is 36.4 Å². The summed E-state index contributed by atoms with van der Waals surface area (Å²) in [5, 5.41) is 5.94. The third-order valence-electron chi connectivity index (χ3n) is 2.78. The molecule has 1 unspecified atom stereocenters. The number of nitrogens with one attached hydrogen (secondary N) is 1. The van der Waals surface area contributed by atoms with Gasteiger partial charge in [0.15, 0.2) is 0 Å². The number of hydrogen-bond acceptors (Lipinski definition) is 4. The van der Waals surface area contributed by atoms with E-state index >= 15 is 0 Å². The van der Waals surface area contributed by atoms with Crippen molar-refractivity contribution < 1.29 is 4.79 Å². The Morgan fingerprint density at radius 1 is 1.75 bits per heavy atom. The molecular formula is C11H17N3OS. The van der Waals surface area contributed by atoms with E-state index in [1.54, 1.807) is 11.3 Å². The molecule has 0 aliphatic heterocycles. The maximum absolute atomic E-state index is 11.5. The summed E-state index contributed by atoms with van der Waals surface area (Å²) < 4.78 is 0. The van der Waals surface area contributed by atoms with Gasteiger partial charge in [0.25, 0.3) is 0 Å². The maximum Gasteiger partial charge on any atom is 0.224 e. The molecule has 0 bridgehead atoms. The lowest BCUT2D eigenvalue weighted by Gasteiger charge is -2.07. The van der Waals surface area contributed by atoms with E-state index in [1.807, 2.05) is 6.92 Å². The van der Waals surface area contributed by atoms with Crippen molar-refractivity contribution in [3.05, 3.63) is 16.1 Å². The Kier molecular flexibility index (Phi) is 3.56. The second-order valence-corrected chi connectivity index (χ2v) is 5.24. The first-order valence-corrected chi connectivity index (χ1v) is 6.50. The van der Waals surface area contributed by atoms with Crippen molar-refractivity contribution >= 4 is 17.2 Å². The predicted molar refractivity (Wildman–Crippen MR) is 64.2 cm³/mol. The van der Waals surface area contributed by atoms with Crippen LogP contribution in [0.25, 0.3) is 0 Å². The van der Waals surface area contributed by atoms with Gasteiger partial charge in [-0.25, -0.2) is 4.98 Å². The van der Waals surface area contributed by atoms with Gasteiger partial charge >= 0.3 is 0 Å². The fourth-order valence-corrected chi connectivity index (χ4v) is 2.23. The van der Waals surface area contributed by atoms with Crippen LogP contribution >= 0.6 is 11.3 Å². The molecule has 1 saturated carbocycles. The SMILES string of the molecule is CC(CN)C(=O)NCc1nc(C2CC2)cs1. The quantitative estimate of drug-likeness (QED) is 0.812. The zero-order chi connectivity index (χ0) is 11.5. The number of rotatable bonds is 5. The molecule has 1 aliphatic carbocycles. The van der Waals surface area contributed by atoms with Crippen molar-refractivity contribution in [1.29, 1.82) is 0 Å². The van der Waals surface area contributed by atoms with Gasteiger partial charge in [0.1, 0.15) is 5.01 Å². The zero-order valence-electron chi connectivity index (χ0n) is 9.40. The number of amides is 1. The van der Waals surface area contributed by atoms with E-state index < -0.39 is 0 Å². The van der Waals surface area contributed by atoms with Gasteiger partial charge in [0.2, 0.25) is 5.91 Å². The smallest absolute Gasteiger partial charge is 0.224 e. The molecule has 1 fully saturated rings. The molecule has 5 heteroatoms. The third-order valence-corrected chi connectivity index (χ3v) is 3.65. The van der Waals surface area contributed by atoms with E-state index in [4.69, 9.17) is 5.73 Å². The fraction of sp³-hybridized carbons (Fsp3) is 0.636. The van der Waals surface area contributed by atoms with Crippen molar-refractivity contribution in [3.8, 4) is 0 Å². The Hall–Kier alpha value is -0.940. The van der Waals surface area contributed by atoms with Gasteiger partial charge < -0.3 is 11.1 Å². The highest BCUT2D eigenvalue weighted by molar-refractivity contribution is 7.09. The van der Waals surface area contributed by atoms with Gasteiger partial charge in [-0.3, -0.25) is 4.79 Å². The second-order valence-electron chi connectivity index (χ2n) is 4.29. The molecular weight excluding hydrogens is 222 g/mol. The van der Waals surface area contributed by atoms with Crippen molar-refractivity contribution in [3.63, 3.8) is 0 Å². The third kappa shape index (κ3) is 2.80. The average molecular weight is 239 g/mol. The number of hydrogen-bond donors (Lipinski definition) is 2. The molecule has 0 spiro atoms. The van der Waals surface area contributed by atoms with Gasteiger partial charge in [-0.05, 0) is 12.8 Å². The van der Waals surface area contributed by atoms with Crippen LogP contribution in [0.2, 0.25) is 0 Å². The van der Waals surface area contributed by atoms with Gasteiger partial charge in [-0.15, -0.1) is 11.3 Å². The van der Waals surface area contributed by atoms with Crippen LogP contribution < -0.4 is 11.1 Å². The average Bonchev–Trinajstić information content (AvgIpc) is 3.05. The number of nitrogens with zero attached hydrogens (tertiary/aromatic N) is 1. The minimum atomic E-state index is -0.122. The first-order valence-electron chi connectivity index (χ1n) is 5.62. The number of nitrogens with two attached hydrogens (primary N) is 1. The number of aromatic nitrogens is 1. The van der Waals surface area contributed by atoms with Crippen LogP contribution in [0.3, 0.4) is 0 Å². The largest absolute Gasteiger partial charge is 0.349 e. The van der Waals surface area contributed by atoms with E-state index in [0.29, 0.717) is 19.0 Å². The Morgan fingerprint density at radius 2 is 2.50 bits per heavy atom. The van der Waals surface area contributed by atoms with Crippen LogP contribution in [0.15, 0.2) is 5.38 Å². The van der Waals surface area contributed by atoms with Crippen molar-refractivity contribution in [2.24, 2.45) is 11.7 Å². The van der Waals surface area contributed by atoms with E-state index in [-0.39, 0.29) is 11.8 Å². The molecule has 0 aromatic carbocycles. The number of carbonyl (C=O) groups excluding carboxylic acids is 1. The number of carbonyl (C=O) groups is 1. The highest BCUT2D eigenvalue weighted by Gasteiger charge is 2.26. The molecule has 4 nitrogen and oxygen atoms in total. The Morgan fingerprint density at radius 3 is 3.12 bits per heavy atom. The zero-order valence-corrected chi connectivity index (χ0v) is 10.2. The Balaban J connectivity index is 1.82. The van der Waals surface area contributed by atoms with E-state index in [1.165, 1.54) is 18.5 Å². The van der Waals surface area contributed by atoms with Gasteiger partial charge in [0.05, 0.1) is 12.2 Å². The minimum Gasteiger partial charge on any atom is -0.349 e. The molecule has 1 aromatic heterocycles. The molecule has 2 rings (SSSR count). The topological polar surface area (TPSA) is 68.0 Å². The van der Waals surface area contributed by atoms with Crippen molar-refractivity contribution in [2.75, 3.05) is 6.54 Å². The van der Waals surface area contributed by atoms with Crippen molar-refractivity contribution in [1.82, 2.24) is 10.3 Å². The number of thiazole rings is 1. The van der Waals surface area contributed by atoms with Crippen LogP contribution in [0.4, 0.5) is 0 Å². The van der Waals surface area contributed by atoms with Crippen LogP contribution in [-0.2, 0) is 11.3 Å². The molecule has 1 atom stereocenters. The monoisotopic (exact) mass is 239 g/mol. The lowest BCUT2D eigenvalue weighted by Crippen LogP contribution is -2.32. The summed E-state index contributed by atoms with van der Waals surface area (Å²) in [6.45, 7) is 2.74. The van der Waals surface area contributed by atoms with Gasteiger partial charge in [0, 0.05) is 23.8 Å². The summed E-state index contributed by atoms with van der Waals surface area (Å²) in [7, 11) is 0. The van der Waals surface area contributed by atoms with Gasteiger partial charge in [-0.1, -0.05) is 6.92 Å². The highest BCUT2D eigenvalue weighted by atomic mass is 32.1. The summed E-state index contributed by atoms with van der Waals surface area (Å²) in [6.07, 6.45) is 2.53. The van der Waals surface area contributed by atoms with Gasteiger partial charge in [-0.2, -0.15) is 0 Å². The maximum atomic E-state index is 11.5. The summed E-state index contributed by atoms with van der Waals surface area (Å²) in [4.78, 5) is 16.0. The Labute approximate surface area is 99.3 Å². The minimum absolute atomic E-state index is 0.00525. The molecule has 0 radical (unpaired) electrons. The molecule has 3 N–H and O–H groups in total. The molecule has 1 aliphatic rings. The van der Waals surface area contributed by atoms with Crippen LogP contribution in [-0.4, -0.2) is 17.4 Å². The van der Waals surface area contributed by atoms with Crippen LogP contribution in [0.5, 0.6) is 0 Å². The van der Waals surface area contributed by atoms with Crippen molar-refractivity contribution in [2.45, 2.75) is 32.2 Å². The first-order chi connectivity index (χ1) is 7.70. The summed E-state index contributed by atoms with van der Waals surface area (Å²) in [6, 6.07) is 0. The molecule has 1 heterocycles. The molecule has 0 saturated heterocycles. The standard InChI is InChI=1S/C11H17N3OS/c1-7(4-12)11(15)13-5-10-14-9(6-16-10)8-2-3-8/h6-8H,2-5,12H2,1H3,(H,13,15). The van der Waals surface area contributed by atoms with E-state index in [2.05, 4.69) is 15.7 Å². The predicted octanol–water partition coefficient (Wildman–Crippen LogP) is 1.23.